The summed E-state index contributed by atoms with van der Waals surface area (Å²) in [5.41, 5.74) is 0. The molecule has 1 aromatic carbocycles. The minimum Gasteiger partial charge on any atom is -0.462 e. The van der Waals surface area contributed by atoms with Crippen LogP contribution in [-0.2, 0) is 0 Å². The van der Waals surface area contributed by atoms with Crippen LogP contribution in [-0.4, -0.2) is 10.6 Å². The molecule has 0 bridgehead atoms. The standard InChI is InChI=1S/C16H17Cl3O3/c1-2-12(6-4-3-5-9-16(17,18)19)22-13-7-8-14-15(10-13)21-11-20-14/h2-3,5,7-8,10H,4,6,9,11H2,1H3/b5-3+,12-2-. The third kappa shape index (κ3) is 5.64. The largest absolute Gasteiger partial charge is 0.462 e. The zero-order chi connectivity index (χ0) is 16.0. The number of benzene rings is 1. The number of ether oxygens (including phenoxy) is 3. The number of alkyl halides is 3. The fraction of sp³-hybridized carbons (Fsp3) is 0.375. The molecule has 0 amide bonds. The number of hydrogen-bond donors (Lipinski definition) is 0. The maximum atomic E-state index is 5.85. The molecule has 0 aliphatic carbocycles. The Bertz CT molecular complexity index is 562. The molecular formula is C16H17Cl3O3. The summed E-state index contributed by atoms with van der Waals surface area (Å²) in [6.07, 6.45) is 7.75. The summed E-state index contributed by atoms with van der Waals surface area (Å²) in [4.78, 5) is 0. The Kier molecular flexibility index (Phi) is 6.30. The van der Waals surface area contributed by atoms with E-state index in [9.17, 15) is 0 Å². The van der Waals surface area contributed by atoms with Gasteiger partial charge in [0, 0.05) is 18.9 Å². The first kappa shape index (κ1) is 17.3. The second-order valence-electron chi connectivity index (χ2n) is 4.70. The predicted octanol–water partition coefficient (Wildman–Crippen LogP) is 5.79. The van der Waals surface area contributed by atoms with Crippen LogP contribution in [0.25, 0.3) is 0 Å². The Morgan fingerprint density at radius 1 is 1.23 bits per heavy atom. The fourth-order valence-electron chi connectivity index (χ4n) is 1.91. The van der Waals surface area contributed by atoms with E-state index in [1.54, 1.807) is 0 Å². The fourth-order valence-corrected chi connectivity index (χ4v) is 2.17. The first-order valence-electron chi connectivity index (χ1n) is 6.92. The zero-order valence-electron chi connectivity index (χ0n) is 12.2. The molecule has 2 rings (SSSR count). The van der Waals surface area contributed by atoms with Crippen LogP contribution >= 0.6 is 34.8 Å². The van der Waals surface area contributed by atoms with Gasteiger partial charge in [-0.25, -0.2) is 0 Å². The van der Waals surface area contributed by atoms with Crippen molar-refractivity contribution in [1.82, 2.24) is 0 Å². The molecule has 0 aromatic heterocycles. The molecule has 3 nitrogen and oxygen atoms in total. The Morgan fingerprint density at radius 2 is 2.00 bits per heavy atom. The topological polar surface area (TPSA) is 27.7 Å². The monoisotopic (exact) mass is 362 g/mol. The quantitative estimate of drug-likeness (QED) is 0.363. The van der Waals surface area contributed by atoms with Crippen LogP contribution in [0.4, 0.5) is 0 Å². The van der Waals surface area contributed by atoms with Crippen LogP contribution in [0.2, 0.25) is 0 Å². The third-order valence-corrected chi connectivity index (χ3v) is 3.45. The van der Waals surface area contributed by atoms with E-state index < -0.39 is 3.79 Å². The van der Waals surface area contributed by atoms with Crippen LogP contribution in [0, 0.1) is 0 Å². The molecule has 0 fully saturated rings. The van der Waals surface area contributed by atoms with E-state index in [0.717, 1.165) is 30.1 Å². The van der Waals surface area contributed by atoms with Gasteiger partial charge >= 0.3 is 0 Å². The number of hydrogen-bond acceptors (Lipinski definition) is 3. The lowest BCUT2D eigenvalue weighted by molar-refractivity contribution is 0.174. The lowest BCUT2D eigenvalue weighted by atomic mass is 10.2. The van der Waals surface area contributed by atoms with Crippen LogP contribution in [0.5, 0.6) is 17.2 Å². The summed E-state index contributed by atoms with van der Waals surface area (Å²) >= 11 is 17.0. The molecule has 1 aliphatic rings. The second-order valence-corrected chi connectivity index (χ2v) is 7.22. The molecular weight excluding hydrogens is 347 g/mol. The van der Waals surface area contributed by atoms with E-state index in [4.69, 9.17) is 49.0 Å². The summed E-state index contributed by atoms with van der Waals surface area (Å²) in [6, 6.07) is 5.52. The Balaban J connectivity index is 1.83. The van der Waals surface area contributed by atoms with Gasteiger partial charge < -0.3 is 14.2 Å². The first-order chi connectivity index (χ1) is 10.5. The van der Waals surface area contributed by atoms with Gasteiger partial charge in [-0.3, -0.25) is 0 Å². The van der Waals surface area contributed by atoms with Gasteiger partial charge in [0.05, 0.1) is 0 Å². The minimum absolute atomic E-state index is 0.253. The van der Waals surface area contributed by atoms with Gasteiger partial charge in [-0.2, -0.15) is 0 Å². The summed E-state index contributed by atoms with van der Waals surface area (Å²) in [6.45, 7) is 2.19. The first-order valence-corrected chi connectivity index (χ1v) is 8.06. The van der Waals surface area contributed by atoms with Crippen molar-refractivity contribution in [3.63, 3.8) is 0 Å². The van der Waals surface area contributed by atoms with Crippen molar-refractivity contribution < 1.29 is 14.2 Å². The zero-order valence-corrected chi connectivity index (χ0v) is 14.4. The second kappa shape index (κ2) is 8.00. The van der Waals surface area contributed by atoms with Crippen molar-refractivity contribution in [2.24, 2.45) is 0 Å². The number of halogens is 3. The molecule has 0 saturated carbocycles. The van der Waals surface area contributed by atoms with Crippen molar-refractivity contribution >= 4 is 34.8 Å². The molecule has 120 valence electrons. The van der Waals surface area contributed by atoms with Gasteiger partial charge in [0.1, 0.15) is 11.5 Å². The average Bonchev–Trinajstić information content (AvgIpc) is 2.92. The SMILES string of the molecule is C/C=C(/CC/C=C/CC(Cl)(Cl)Cl)Oc1ccc2c(c1)OCO2. The van der Waals surface area contributed by atoms with Crippen LogP contribution in [0.15, 0.2) is 42.2 Å². The van der Waals surface area contributed by atoms with Gasteiger partial charge in [0.25, 0.3) is 0 Å². The van der Waals surface area contributed by atoms with E-state index in [0.29, 0.717) is 12.2 Å². The Hall–Kier alpha value is -1.03. The summed E-state index contributed by atoms with van der Waals surface area (Å²) in [7, 11) is 0. The molecule has 1 heterocycles. The highest BCUT2D eigenvalue weighted by molar-refractivity contribution is 6.67. The van der Waals surface area contributed by atoms with E-state index in [-0.39, 0.29) is 6.79 Å². The molecule has 0 spiro atoms. The normalized spacial score (nSPS) is 14.6. The molecule has 0 radical (unpaired) electrons. The Labute approximate surface area is 145 Å². The maximum absolute atomic E-state index is 5.85. The van der Waals surface area contributed by atoms with Gasteiger partial charge in [0.15, 0.2) is 15.3 Å². The van der Waals surface area contributed by atoms with Crippen LogP contribution in [0.1, 0.15) is 26.2 Å². The van der Waals surface area contributed by atoms with Gasteiger partial charge in [0.2, 0.25) is 6.79 Å². The van der Waals surface area contributed by atoms with Crippen molar-refractivity contribution in [2.75, 3.05) is 6.79 Å². The average molecular weight is 364 g/mol. The lowest BCUT2D eigenvalue weighted by Gasteiger charge is -2.10. The number of rotatable bonds is 6. The van der Waals surface area contributed by atoms with Crippen molar-refractivity contribution in [3.05, 3.63) is 42.2 Å². The number of fused-ring (bicyclic) bond motifs is 1. The molecule has 0 atom stereocenters. The highest BCUT2D eigenvalue weighted by Crippen LogP contribution is 2.36. The van der Waals surface area contributed by atoms with E-state index in [2.05, 4.69) is 0 Å². The molecule has 6 heteroatoms. The molecule has 0 N–H and O–H groups in total. The molecule has 1 aromatic rings. The van der Waals surface area contributed by atoms with Crippen LogP contribution in [0.3, 0.4) is 0 Å². The van der Waals surface area contributed by atoms with Crippen molar-refractivity contribution in [2.45, 2.75) is 30.0 Å². The van der Waals surface area contributed by atoms with Gasteiger partial charge in [-0.05, 0) is 31.6 Å². The van der Waals surface area contributed by atoms with Crippen molar-refractivity contribution in [3.8, 4) is 17.2 Å². The summed E-state index contributed by atoms with van der Waals surface area (Å²) in [5.74, 6) is 3.04. The van der Waals surface area contributed by atoms with E-state index in [1.807, 2.05) is 43.4 Å². The smallest absolute Gasteiger partial charge is 0.231 e. The molecule has 1 aliphatic heterocycles. The van der Waals surface area contributed by atoms with Gasteiger partial charge in [-0.1, -0.05) is 47.0 Å². The molecule has 0 saturated heterocycles. The third-order valence-electron chi connectivity index (χ3n) is 2.99. The Morgan fingerprint density at radius 3 is 2.73 bits per heavy atom. The minimum atomic E-state index is -1.23. The van der Waals surface area contributed by atoms with Gasteiger partial charge in [-0.15, -0.1) is 0 Å². The summed E-state index contributed by atoms with van der Waals surface area (Å²) in [5, 5.41) is 0. The summed E-state index contributed by atoms with van der Waals surface area (Å²) < 4.78 is 15.2. The van der Waals surface area contributed by atoms with Crippen LogP contribution < -0.4 is 14.2 Å². The molecule has 22 heavy (non-hydrogen) atoms. The van der Waals surface area contributed by atoms with Crippen molar-refractivity contribution in [1.29, 1.82) is 0 Å². The lowest BCUT2D eigenvalue weighted by Crippen LogP contribution is -1.98. The highest BCUT2D eigenvalue weighted by Gasteiger charge is 2.16. The van der Waals surface area contributed by atoms with E-state index >= 15 is 0 Å². The highest BCUT2D eigenvalue weighted by atomic mass is 35.6. The molecule has 0 unspecified atom stereocenters. The maximum Gasteiger partial charge on any atom is 0.231 e. The van der Waals surface area contributed by atoms with E-state index in [1.165, 1.54) is 0 Å². The number of allylic oxidation sites excluding steroid dienone is 4. The predicted molar refractivity (Wildman–Crippen MR) is 90.2 cm³/mol.